The van der Waals surface area contributed by atoms with E-state index in [1.54, 1.807) is 29.5 Å². The molecule has 0 fully saturated rings. The number of thiophene rings is 1. The molecule has 0 aliphatic carbocycles. The van der Waals surface area contributed by atoms with E-state index in [0.29, 0.717) is 22.5 Å². The van der Waals surface area contributed by atoms with Crippen LogP contribution in [-0.4, -0.2) is 9.19 Å². The van der Waals surface area contributed by atoms with Gasteiger partial charge in [0, 0.05) is 21.1 Å². The van der Waals surface area contributed by atoms with Crippen LogP contribution in [0.4, 0.5) is 5.69 Å². The molecule has 3 aromatic rings. The Hall–Kier alpha value is -1.18. The minimum atomic E-state index is -1.30. The first-order chi connectivity index (χ1) is 9.13. The Morgan fingerprint density at radius 2 is 2.26 bits per heavy atom. The Morgan fingerprint density at radius 1 is 1.42 bits per heavy atom. The van der Waals surface area contributed by atoms with Crippen molar-refractivity contribution in [3.63, 3.8) is 0 Å². The molecule has 0 amide bonds. The zero-order chi connectivity index (χ0) is 13.4. The van der Waals surface area contributed by atoms with Gasteiger partial charge in [-0.2, -0.15) is 0 Å². The number of fused-ring (bicyclic) bond motifs is 1. The Labute approximate surface area is 124 Å². The first-order valence-electron chi connectivity index (χ1n) is 5.40. The van der Waals surface area contributed by atoms with Crippen LogP contribution in [0.15, 0.2) is 43.8 Å². The molecule has 0 bridgehead atoms. The maximum atomic E-state index is 12.2. The molecule has 1 aromatic carbocycles. The summed E-state index contributed by atoms with van der Waals surface area (Å²) >= 11 is 4.97. The molecule has 2 aromatic heterocycles. The molecule has 7 heteroatoms. The summed E-state index contributed by atoms with van der Waals surface area (Å²) in [6, 6.07) is 7.12. The zero-order valence-corrected chi connectivity index (χ0v) is 12.8. The molecular formula is C12H9BrN2O2S2. The number of hydrogen-bond donors (Lipinski definition) is 1. The first-order valence-corrected chi connectivity index (χ1v) is 8.39. The third kappa shape index (κ3) is 2.58. The van der Waals surface area contributed by atoms with Crippen LogP contribution in [0.25, 0.3) is 11.1 Å². The normalized spacial score (nSPS) is 12.9. The maximum Gasteiger partial charge on any atom is 0.288 e. The fourth-order valence-electron chi connectivity index (χ4n) is 1.63. The van der Waals surface area contributed by atoms with Gasteiger partial charge in [0.05, 0.1) is 5.75 Å². The second-order valence-electron chi connectivity index (χ2n) is 3.89. The molecule has 0 aliphatic rings. The fraction of sp³-hybridized carbons (Fsp3) is 0.0833. The summed E-state index contributed by atoms with van der Waals surface area (Å²) in [5, 5.41) is 2.18. The van der Waals surface area contributed by atoms with E-state index >= 15 is 0 Å². The van der Waals surface area contributed by atoms with E-state index in [1.165, 1.54) is 0 Å². The van der Waals surface area contributed by atoms with Crippen molar-refractivity contribution < 1.29 is 8.63 Å². The van der Waals surface area contributed by atoms with Gasteiger partial charge in [0.15, 0.2) is 5.58 Å². The van der Waals surface area contributed by atoms with Crippen LogP contribution in [0.5, 0.6) is 0 Å². The van der Waals surface area contributed by atoms with Gasteiger partial charge in [0.2, 0.25) is 0 Å². The van der Waals surface area contributed by atoms with E-state index < -0.39 is 10.8 Å². The lowest BCUT2D eigenvalue weighted by Crippen LogP contribution is -1.95. The Balaban J connectivity index is 1.91. The van der Waals surface area contributed by atoms with E-state index in [1.807, 2.05) is 11.4 Å². The summed E-state index contributed by atoms with van der Waals surface area (Å²) in [7, 11) is -1.30. The standard InChI is InChI=1S/C12H9BrN2O2S2/c13-8-3-4-18-11(8)6-19(16)12-15-9-2-1-7(14)5-10(9)17-12/h1-5H,6,14H2. The summed E-state index contributed by atoms with van der Waals surface area (Å²) in [4.78, 5) is 5.24. The second kappa shape index (κ2) is 5.07. The number of anilines is 1. The van der Waals surface area contributed by atoms with Crippen LogP contribution in [0.3, 0.4) is 0 Å². The minimum absolute atomic E-state index is 0.237. The van der Waals surface area contributed by atoms with Crippen molar-refractivity contribution in [2.45, 2.75) is 11.0 Å². The highest BCUT2D eigenvalue weighted by Gasteiger charge is 2.15. The van der Waals surface area contributed by atoms with Gasteiger partial charge in [-0.1, -0.05) is 0 Å². The SMILES string of the molecule is Nc1ccc2nc(S(=O)Cc3sccc3Br)oc2c1. The Morgan fingerprint density at radius 3 is 3.00 bits per heavy atom. The molecule has 0 aliphatic heterocycles. The van der Waals surface area contributed by atoms with Gasteiger partial charge in [0.1, 0.15) is 16.3 Å². The molecule has 2 heterocycles. The zero-order valence-electron chi connectivity index (χ0n) is 9.63. The average Bonchev–Trinajstić information content (AvgIpc) is 2.96. The van der Waals surface area contributed by atoms with Gasteiger partial charge >= 0.3 is 0 Å². The lowest BCUT2D eigenvalue weighted by atomic mass is 10.3. The number of nitrogen functional groups attached to an aromatic ring is 1. The Kier molecular flexibility index (Phi) is 3.42. The van der Waals surface area contributed by atoms with Gasteiger partial charge in [0.25, 0.3) is 5.22 Å². The molecule has 1 unspecified atom stereocenters. The third-order valence-corrected chi connectivity index (χ3v) is 5.76. The number of nitrogens with two attached hydrogens (primary N) is 1. The van der Waals surface area contributed by atoms with E-state index in [2.05, 4.69) is 20.9 Å². The van der Waals surface area contributed by atoms with Gasteiger partial charge < -0.3 is 10.2 Å². The Bertz CT molecular complexity index is 766. The molecule has 4 nitrogen and oxygen atoms in total. The molecule has 19 heavy (non-hydrogen) atoms. The summed E-state index contributed by atoms with van der Waals surface area (Å²) in [5.41, 5.74) is 7.50. The van der Waals surface area contributed by atoms with Gasteiger partial charge in [-0.15, -0.1) is 11.3 Å². The largest absolute Gasteiger partial charge is 0.430 e. The lowest BCUT2D eigenvalue weighted by molar-refractivity contribution is 0.477. The molecule has 0 saturated heterocycles. The molecule has 3 rings (SSSR count). The summed E-state index contributed by atoms with van der Waals surface area (Å²) in [5.74, 6) is 0.389. The van der Waals surface area contributed by atoms with Crippen molar-refractivity contribution in [2.24, 2.45) is 0 Å². The van der Waals surface area contributed by atoms with Crippen LogP contribution in [-0.2, 0) is 16.6 Å². The van der Waals surface area contributed by atoms with E-state index in [9.17, 15) is 4.21 Å². The highest BCUT2D eigenvalue weighted by Crippen LogP contribution is 2.27. The van der Waals surface area contributed by atoms with Crippen molar-refractivity contribution >= 4 is 54.9 Å². The van der Waals surface area contributed by atoms with Crippen LogP contribution in [0.2, 0.25) is 0 Å². The van der Waals surface area contributed by atoms with Crippen molar-refractivity contribution in [3.05, 3.63) is 39.0 Å². The smallest absolute Gasteiger partial charge is 0.288 e. The predicted molar refractivity (Wildman–Crippen MR) is 80.6 cm³/mol. The van der Waals surface area contributed by atoms with Crippen molar-refractivity contribution in [2.75, 3.05) is 5.73 Å². The summed E-state index contributed by atoms with van der Waals surface area (Å²) in [6.45, 7) is 0. The molecule has 98 valence electrons. The molecule has 0 spiro atoms. The van der Waals surface area contributed by atoms with E-state index in [4.69, 9.17) is 10.2 Å². The maximum absolute atomic E-state index is 12.2. The van der Waals surface area contributed by atoms with E-state index in [-0.39, 0.29) is 5.22 Å². The summed E-state index contributed by atoms with van der Waals surface area (Å²) < 4.78 is 18.7. The van der Waals surface area contributed by atoms with Crippen LogP contribution in [0.1, 0.15) is 4.88 Å². The number of rotatable bonds is 3. The quantitative estimate of drug-likeness (QED) is 0.728. The van der Waals surface area contributed by atoms with Crippen molar-refractivity contribution in [1.29, 1.82) is 0 Å². The molecule has 0 radical (unpaired) electrons. The molecular weight excluding hydrogens is 348 g/mol. The third-order valence-electron chi connectivity index (χ3n) is 2.54. The lowest BCUT2D eigenvalue weighted by Gasteiger charge is -1.95. The molecule has 1 atom stereocenters. The van der Waals surface area contributed by atoms with Crippen LogP contribution >= 0.6 is 27.3 Å². The summed E-state index contributed by atoms with van der Waals surface area (Å²) in [6.07, 6.45) is 0. The van der Waals surface area contributed by atoms with E-state index in [0.717, 1.165) is 9.35 Å². The molecule has 2 N–H and O–H groups in total. The number of hydrogen-bond acceptors (Lipinski definition) is 5. The van der Waals surface area contributed by atoms with Gasteiger partial charge in [-0.25, -0.2) is 9.19 Å². The predicted octanol–water partition coefficient (Wildman–Crippen LogP) is 3.54. The number of benzene rings is 1. The van der Waals surface area contributed by atoms with Gasteiger partial charge in [-0.3, -0.25) is 0 Å². The van der Waals surface area contributed by atoms with Crippen LogP contribution < -0.4 is 5.73 Å². The van der Waals surface area contributed by atoms with Crippen molar-refractivity contribution in [3.8, 4) is 0 Å². The van der Waals surface area contributed by atoms with Crippen molar-refractivity contribution in [1.82, 2.24) is 4.98 Å². The fourth-order valence-corrected chi connectivity index (χ4v) is 4.58. The monoisotopic (exact) mass is 356 g/mol. The number of halogens is 1. The minimum Gasteiger partial charge on any atom is -0.430 e. The van der Waals surface area contributed by atoms with Gasteiger partial charge in [-0.05, 0) is 39.5 Å². The second-order valence-corrected chi connectivity index (χ2v) is 7.07. The number of nitrogens with zero attached hydrogens (tertiary/aromatic N) is 1. The highest BCUT2D eigenvalue weighted by atomic mass is 79.9. The topological polar surface area (TPSA) is 69.1 Å². The highest BCUT2D eigenvalue weighted by molar-refractivity contribution is 9.10. The van der Waals surface area contributed by atoms with Crippen LogP contribution in [0, 0.1) is 0 Å². The number of oxazole rings is 1. The number of aromatic nitrogens is 1. The molecule has 0 saturated carbocycles. The first kappa shape index (κ1) is 12.8. The average molecular weight is 357 g/mol.